The number of likely N-dealkylation sites (tertiary alicyclic amines) is 1. The molecule has 2 heterocycles. The molecule has 3 N–H and O–H groups in total. The van der Waals surface area contributed by atoms with Crippen LogP contribution in [0.3, 0.4) is 0 Å². The second-order valence-corrected chi connectivity index (χ2v) is 5.68. The molecule has 0 unspecified atom stereocenters. The summed E-state index contributed by atoms with van der Waals surface area (Å²) in [5.74, 6) is 1.18. The molecule has 1 amide bonds. The molecule has 1 aliphatic heterocycles. The maximum absolute atomic E-state index is 11.5. The number of nitrogen functional groups attached to an aromatic ring is 1. The fraction of sp³-hybridized carbons (Fsp3) is 0.375. The molecule has 0 bridgehead atoms. The van der Waals surface area contributed by atoms with Crippen LogP contribution >= 0.6 is 0 Å². The van der Waals surface area contributed by atoms with Crippen molar-refractivity contribution in [3.63, 3.8) is 0 Å². The van der Waals surface area contributed by atoms with Gasteiger partial charge in [-0.25, -0.2) is 4.79 Å². The lowest BCUT2D eigenvalue weighted by Crippen LogP contribution is -2.37. The van der Waals surface area contributed by atoms with Gasteiger partial charge in [-0.05, 0) is 18.9 Å². The van der Waals surface area contributed by atoms with Crippen LogP contribution in [0.15, 0.2) is 22.7 Å². The van der Waals surface area contributed by atoms with Gasteiger partial charge >= 0.3 is 6.09 Å². The molecule has 1 aromatic heterocycles. The maximum atomic E-state index is 11.5. The van der Waals surface area contributed by atoms with E-state index in [1.807, 2.05) is 6.07 Å². The van der Waals surface area contributed by atoms with Gasteiger partial charge in [0.1, 0.15) is 0 Å². The van der Waals surface area contributed by atoms with Crippen LogP contribution in [0.5, 0.6) is 0 Å². The smallest absolute Gasteiger partial charge is 0.409 e. The Balaban J connectivity index is 1.71. The Hall–Kier alpha value is -2.90. The first kappa shape index (κ1) is 16.0. The minimum Gasteiger partial charge on any atom is -0.453 e. The van der Waals surface area contributed by atoms with Gasteiger partial charge in [-0.3, -0.25) is 0 Å². The van der Waals surface area contributed by atoms with E-state index in [2.05, 4.69) is 10.1 Å². The average molecular weight is 329 g/mol. The fourth-order valence-corrected chi connectivity index (χ4v) is 2.80. The number of nitrogens with zero attached hydrogens (tertiary/aromatic N) is 3. The molecule has 8 nitrogen and oxygen atoms in total. The lowest BCUT2D eigenvalue weighted by Gasteiger charge is -2.28. The molecule has 0 atom stereocenters. The third-order valence-corrected chi connectivity index (χ3v) is 4.22. The Morgan fingerprint density at radius 2 is 2.21 bits per heavy atom. The number of aromatic nitrogens is 2. The first-order valence-electron chi connectivity index (χ1n) is 7.69. The van der Waals surface area contributed by atoms with E-state index in [0.717, 1.165) is 18.4 Å². The van der Waals surface area contributed by atoms with Crippen molar-refractivity contribution < 1.29 is 14.1 Å². The van der Waals surface area contributed by atoms with E-state index < -0.39 is 0 Å². The van der Waals surface area contributed by atoms with Crippen molar-refractivity contribution in [2.75, 3.05) is 25.9 Å². The van der Waals surface area contributed by atoms with Crippen molar-refractivity contribution in [1.29, 1.82) is 5.41 Å². The van der Waals surface area contributed by atoms with Crippen molar-refractivity contribution in [2.24, 2.45) is 0 Å². The zero-order chi connectivity index (χ0) is 17.1. The third kappa shape index (κ3) is 3.08. The molecular formula is C16H19N5O3. The molecule has 3 rings (SSSR count). The van der Waals surface area contributed by atoms with Crippen LogP contribution in [-0.2, 0) is 4.74 Å². The Bertz CT molecular complexity index is 750. The highest BCUT2D eigenvalue weighted by Gasteiger charge is 2.28. The summed E-state index contributed by atoms with van der Waals surface area (Å²) in [6.45, 7) is 1.21. The van der Waals surface area contributed by atoms with Crippen molar-refractivity contribution in [2.45, 2.75) is 18.8 Å². The monoisotopic (exact) mass is 329 g/mol. The van der Waals surface area contributed by atoms with E-state index in [0.29, 0.717) is 36.1 Å². The Kier molecular flexibility index (Phi) is 4.45. The lowest BCUT2D eigenvalue weighted by atomic mass is 9.97. The molecular weight excluding hydrogens is 310 g/mol. The van der Waals surface area contributed by atoms with E-state index in [9.17, 15) is 4.79 Å². The third-order valence-electron chi connectivity index (χ3n) is 4.22. The van der Waals surface area contributed by atoms with E-state index in [1.54, 1.807) is 17.0 Å². The van der Waals surface area contributed by atoms with Crippen LogP contribution in [-0.4, -0.2) is 47.5 Å². The molecule has 1 saturated heterocycles. The van der Waals surface area contributed by atoms with Crippen LogP contribution in [0.4, 0.5) is 10.5 Å². The predicted molar refractivity (Wildman–Crippen MR) is 88.0 cm³/mol. The normalized spacial score (nSPS) is 15.3. The summed E-state index contributed by atoms with van der Waals surface area (Å²) in [7, 11) is 1.38. The minimum atomic E-state index is -0.304. The van der Waals surface area contributed by atoms with Gasteiger partial charge in [0.15, 0.2) is 0 Å². The topological polar surface area (TPSA) is 118 Å². The number of benzene rings is 1. The number of ether oxygens (including phenoxy) is 1. The summed E-state index contributed by atoms with van der Waals surface area (Å²) in [5.41, 5.74) is 7.79. The van der Waals surface area contributed by atoms with Gasteiger partial charge in [-0.1, -0.05) is 17.3 Å². The fourth-order valence-electron chi connectivity index (χ4n) is 2.80. The number of rotatable bonds is 3. The molecule has 0 radical (unpaired) electrons. The highest BCUT2D eigenvalue weighted by Crippen LogP contribution is 2.29. The van der Waals surface area contributed by atoms with Crippen LogP contribution in [0.2, 0.25) is 0 Å². The Labute approximate surface area is 139 Å². The number of nitrogens with one attached hydrogen (secondary N) is 1. The highest BCUT2D eigenvalue weighted by atomic mass is 16.5. The number of carbonyl (C=O) groups excluding carboxylic acids is 1. The van der Waals surface area contributed by atoms with Gasteiger partial charge in [0.05, 0.1) is 7.11 Å². The SMILES string of the molecule is COC(=O)N1CCC(c2nc(-c3ccc(C=N)c(N)c3)no2)CC1. The van der Waals surface area contributed by atoms with Crippen molar-refractivity contribution in [1.82, 2.24) is 15.0 Å². The standard InChI is InChI=1S/C16H19N5O3/c1-23-16(22)21-6-4-10(5-7-21)15-19-14(20-24-15)11-2-3-12(9-17)13(18)8-11/h2-3,8-10,17H,4-7,18H2,1H3. The highest BCUT2D eigenvalue weighted by molar-refractivity contribution is 5.86. The Morgan fingerprint density at radius 3 is 2.83 bits per heavy atom. The van der Waals surface area contributed by atoms with E-state index in [1.165, 1.54) is 13.3 Å². The first-order valence-corrected chi connectivity index (χ1v) is 7.69. The van der Waals surface area contributed by atoms with Gasteiger partial charge in [-0.2, -0.15) is 4.98 Å². The second-order valence-electron chi connectivity index (χ2n) is 5.68. The number of nitrogens with two attached hydrogens (primary N) is 1. The van der Waals surface area contributed by atoms with Crippen LogP contribution in [0.1, 0.15) is 30.2 Å². The number of hydrogen-bond acceptors (Lipinski definition) is 7. The molecule has 1 aliphatic rings. The van der Waals surface area contributed by atoms with Gasteiger partial charge in [0, 0.05) is 42.0 Å². The number of amides is 1. The second kappa shape index (κ2) is 6.69. The Morgan fingerprint density at radius 1 is 1.46 bits per heavy atom. The van der Waals surface area contributed by atoms with E-state index in [4.69, 9.17) is 20.4 Å². The summed E-state index contributed by atoms with van der Waals surface area (Å²) in [6, 6.07) is 5.29. The predicted octanol–water partition coefficient (Wildman–Crippen LogP) is 2.26. The molecule has 24 heavy (non-hydrogen) atoms. The molecule has 1 fully saturated rings. The van der Waals surface area contributed by atoms with Gasteiger partial charge < -0.3 is 25.3 Å². The zero-order valence-electron chi connectivity index (χ0n) is 13.4. The maximum Gasteiger partial charge on any atom is 0.409 e. The molecule has 0 aliphatic carbocycles. The molecule has 8 heteroatoms. The van der Waals surface area contributed by atoms with Crippen LogP contribution < -0.4 is 5.73 Å². The number of hydrogen-bond donors (Lipinski definition) is 2. The summed E-state index contributed by atoms with van der Waals surface area (Å²) >= 11 is 0. The molecule has 126 valence electrons. The van der Waals surface area contributed by atoms with Gasteiger partial charge in [-0.15, -0.1) is 0 Å². The lowest BCUT2D eigenvalue weighted by molar-refractivity contribution is 0.109. The largest absolute Gasteiger partial charge is 0.453 e. The number of anilines is 1. The van der Waals surface area contributed by atoms with Gasteiger partial charge in [0.25, 0.3) is 0 Å². The number of carbonyl (C=O) groups is 1. The minimum absolute atomic E-state index is 0.130. The molecule has 1 aromatic carbocycles. The van der Waals surface area contributed by atoms with E-state index >= 15 is 0 Å². The molecule has 2 aromatic rings. The zero-order valence-corrected chi connectivity index (χ0v) is 13.4. The summed E-state index contributed by atoms with van der Waals surface area (Å²) in [4.78, 5) is 17.6. The van der Waals surface area contributed by atoms with Crippen LogP contribution in [0, 0.1) is 5.41 Å². The first-order chi connectivity index (χ1) is 11.6. The van der Waals surface area contributed by atoms with Crippen LogP contribution in [0.25, 0.3) is 11.4 Å². The summed E-state index contributed by atoms with van der Waals surface area (Å²) in [6.07, 6.45) is 2.41. The van der Waals surface area contributed by atoms with Gasteiger partial charge in [0.2, 0.25) is 11.7 Å². The molecule has 0 saturated carbocycles. The quantitative estimate of drug-likeness (QED) is 0.658. The number of methoxy groups -OCH3 is 1. The summed E-state index contributed by atoms with van der Waals surface area (Å²) in [5, 5.41) is 11.3. The van der Waals surface area contributed by atoms with E-state index in [-0.39, 0.29) is 12.0 Å². The molecule has 0 spiro atoms. The summed E-state index contributed by atoms with van der Waals surface area (Å²) < 4.78 is 10.1. The number of piperidine rings is 1. The van der Waals surface area contributed by atoms with Crippen molar-refractivity contribution >= 4 is 18.0 Å². The van der Waals surface area contributed by atoms with Crippen molar-refractivity contribution in [3.05, 3.63) is 29.7 Å². The average Bonchev–Trinajstić information content (AvgIpc) is 3.11. The van der Waals surface area contributed by atoms with Crippen molar-refractivity contribution in [3.8, 4) is 11.4 Å².